The molecule has 0 spiro atoms. The quantitative estimate of drug-likeness (QED) is 0.728. The summed E-state index contributed by atoms with van der Waals surface area (Å²) in [7, 11) is 1.94. The van der Waals surface area contributed by atoms with Crippen LogP contribution in [0.15, 0.2) is 12.4 Å². The van der Waals surface area contributed by atoms with Gasteiger partial charge in [-0.1, -0.05) is 0 Å². The number of carbonyl (C=O) groups is 2. The lowest BCUT2D eigenvalue weighted by Crippen LogP contribution is -2.53. The number of nitrogens with zero attached hydrogens (tertiary/aromatic N) is 3. The zero-order chi connectivity index (χ0) is 17.0. The number of aryl methyl sites for hydroxylation is 1. The Morgan fingerprint density at radius 2 is 2.17 bits per heavy atom. The van der Waals surface area contributed by atoms with E-state index in [1.165, 1.54) is 0 Å². The fourth-order valence-electron chi connectivity index (χ4n) is 2.61. The van der Waals surface area contributed by atoms with Gasteiger partial charge in [0.15, 0.2) is 0 Å². The van der Waals surface area contributed by atoms with E-state index in [1.807, 2.05) is 43.5 Å². The molecule has 1 aromatic heterocycles. The molecule has 1 aliphatic rings. The van der Waals surface area contributed by atoms with Crippen LogP contribution in [0, 0.1) is 0 Å². The monoisotopic (exact) mass is 322 g/mol. The Morgan fingerprint density at radius 1 is 1.43 bits per heavy atom. The van der Waals surface area contributed by atoms with Crippen LogP contribution >= 0.6 is 0 Å². The third kappa shape index (κ3) is 5.04. The highest BCUT2D eigenvalue weighted by Gasteiger charge is 2.28. The maximum Gasteiger partial charge on any atom is 0.321 e. The Bertz CT molecular complexity index is 563. The molecule has 0 bridgehead atoms. The summed E-state index contributed by atoms with van der Waals surface area (Å²) in [4.78, 5) is 30.3. The van der Waals surface area contributed by atoms with E-state index in [0.717, 1.165) is 25.5 Å². The number of imidazole rings is 1. The molecule has 1 unspecified atom stereocenters. The van der Waals surface area contributed by atoms with E-state index in [2.05, 4.69) is 20.9 Å². The second-order valence-electron chi connectivity index (χ2n) is 6.84. The van der Waals surface area contributed by atoms with Crippen LogP contribution in [0.4, 0.5) is 4.79 Å². The van der Waals surface area contributed by atoms with Crippen LogP contribution in [0.3, 0.4) is 0 Å². The van der Waals surface area contributed by atoms with Crippen molar-refractivity contribution in [2.45, 2.75) is 32.4 Å². The second kappa shape index (κ2) is 7.10. The normalized spacial score (nSPS) is 19.4. The number of rotatable bonds is 3. The molecule has 1 aromatic rings. The van der Waals surface area contributed by atoms with Gasteiger partial charge < -0.3 is 15.2 Å². The van der Waals surface area contributed by atoms with Crippen molar-refractivity contribution >= 4 is 11.9 Å². The number of amides is 3. The highest BCUT2D eigenvalue weighted by Crippen LogP contribution is 2.19. The van der Waals surface area contributed by atoms with E-state index in [4.69, 9.17) is 0 Å². The van der Waals surface area contributed by atoms with Crippen LogP contribution < -0.4 is 16.0 Å². The first kappa shape index (κ1) is 17.4. The van der Waals surface area contributed by atoms with Gasteiger partial charge in [0.05, 0.1) is 12.6 Å². The number of carbonyl (C=O) groups excluding carboxylic acids is 2. The van der Waals surface area contributed by atoms with Crippen LogP contribution in [-0.4, -0.2) is 58.1 Å². The zero-order valence-electron chi connectivity index (χ0n) is 14.2. The summed E-state index contributed by atoms with van der Waals surface area (Å²) in [5, 5.41) is 8.42. The molecule has 1 fully saturated rings. The van der Waals surface area contributed by atoms with Crippen molar-refractivity contribution in [1.82, 2.24) is 30.4 Å². The smallest absolute Gasteiger partial charge is 0.321 e. The number of nitrogens with one attached hydrogen (secondary N) is 3. The largest absolute Gasteiger partial charge is 0.337 e. The lowest BCUT2D eigenvalue weighted by molar-refractivity contribution is -0.122. The minimum absolute atomic E-state index is 0.0141. The van der Waals surface area contributed by atoms with E-state index in [9.17, 15) is 9.59 Å². The minimum Gasteiger partial charge on any atom is -0.337 e. The molecule has 0 aromatic carbocycles. The van der Waals surface area contributed by atoms with Crippen molar-refractivity contribution in [2.75, 3.05) is 26.2 Å². The predicted octanol–water partition coefficient (Wildman–Crippen LogP) is -0.00930. The molecule has 0 aliphatic carbocycles. The first-order valence-corrected chi connectivity index (χ1v) is 7.80. The molecule has 2 heterocycles. The summed E-state index contributed by atoms with van der Waals surface area (Å²) in [6.45, 7) is 8.02. The second-order valence-corrected chi connectivity index (χ2v) is 6.84. The number of piperazine rings is 1. The molecule has 8 heteroatoms. The van der Waals surface area contributed by atoms with Crippen molar-refractivity contribution in [2.24, 2.45) is 7.05 Å². The highest BCUT2D eigenvalue weighted by molar-refractivity contribution is 5.95. The number of hydrogen-bond acceptors (Lipinski definition) is 5. The molecule has 23 heavy (non-hydrogen) atoms. The highest BCUT2D eigenvalue weighted by atomic mass is 16.2. The lowest BCUT2D eigenvalue weighted by Gasteiger charge is -2.35. The SMILES string of the molecule is Cn1ccnc1C1CNCCN1CC(=O)NC(=O)NC(C)(C)C. The van der Waals surface area contributed by atoms with E-state index in [-0.39, 0.29) is 24.0 Å². The van der Waals surface area contributed by atoms with Gasteiger partial charge in [0.25, 0.3) is 0 Å². The van der Waals surface area contributed by atoms with Crippen molar-refractivity contribution in [3.63, 3.8) is 0 Å². The van der Waals surface area contributed by atoms with Crippen molar-refractivity contribution in [1.29, 1.82) is 0 Å². The standard InChI is InChI=1S/C15H26N6O2/c1-15(2,3)19-14(23)18-12(22)10-21-8-5-16-9-11(21)13-17-6-7-20(13)4/h6-7,11,16H,5,8-10H2,1-4H3,(H2,18,19,22,23). The molecule has 0 radical (unpaired) electrons. The van der Waals surface area contributed by atoms with E-state index < -0.39 is 6.03 Å². The van der Waals surface area contributed by atoms with Crippen LogP contribution in [0.25, 0.3) is 0 Å². The van der Waals surface area contributed by atoms with Crippen LogP contribution in [0.2, 0.25) is 0 Å². The molecule has 3 amide bonds. The third-order valence-corrected chi connectivity index (χ3v) is 3.60. The summed E-state index contributed by atoms with van der Waals surface area (Å²) in [6, 6.07) is -0.452. The maximum absolute atomic E-state index is 12.1. The van der Waals surface area contributed by atoms with Gasteiger partial charge in [0.2, 0.25) is 5.91 Å². The van der Waals surface area contributed by atoms with Gasteiger partial charge in [-0.15, -0.1) is 0 Å². The number of imide groups is 1. The van der Waals surface area contributed by atoms with Crippen molar-refractivity contribution < 1.29 is 9.59 Å². The molecular weight excluding hydrogens is 296 g/mol. The van der Waals surface area contributed by atoms with Gasteiger partial charge in [-0.05, 0) is 20.8 Å². The van der Waals surface area contributed by atoms with Crippen molar-refractivity contribution in [3.05, 3.63) is 18.2 Å². The van der Waals surface area contributed by atoms with E-state index in [0.29, 0.717) is 0 Å². The first-order valence-electron chi connectivity index (χ1n) is 7.80. The van der Waals surface area contributed by atoms with Gasteiger partial charge >= 0.3 is 6.03 Å². The van der Waals surface area contributed by atoms with Crippen LogP contribution in [0.1, 0.15) is 32.6 Å². The molecular formula is C15H26N6O2. The average molecular weight is 322 g/mol. The molecule has 2 rings (SSSR count). The molecule has 1 saturated heterocycles. The van der Waals surface area contributed by atoms with Gasteiger partial charge in [0.1, 0.15) is 5.82 Å². The number of urea groups is 1. The molecule has 3 N–H and O–H groups in total. The predicted molar refractivity (Wildman–Crippen MR) is 86.8 cm³/mol. The zero-order valence-corrected chi connectivity index (χ0v) is 14.2. The topological polar surface area (TPSA) is 91.3 Å². The molecule has 8 nitrogen and oxygen atoms in total. The summed E-state index contributed by atoms with van der Waals surface area (Å²) in [5.41, 5.74) is -0.380. The maximum atomic E-state index is 12.1. The van der Waals surface area contributed by atoms with Crippen LogP contribution in [0.5, 0.6) is 0 Å². The molecule has 1 atom stereocenters. The van der Waals surface area contributed by atoms with Gasteiger partial charge in [-0.2, -0.15) is 0 Å². The van der Waals surface area contributed by atoms with E-state index >= 15 is 0 Å². The first-order chi connectivity index (χ1) is 10.8. The Balaban J connectivity index is 1.95. The molecule has 128 valence electrons. The van der Waals surface area contributed by atoms with E-state index in [1.54, 1.807) is 6.20 Å². The summed E-state index contributed by atoms with van der Waals surface area (Å²) < 4.78 is 1.95. The van der Waals surface area contributed by atoms with Crippen molar-refractivity contribution in [3.8, 4) is 0 Å². The summed E-state index contributed by atoms with van der Waals surface area (Å²) >= 11 is 0. The van der Waals surface area contributed by atoms with Gasteiger partial charge in [0, 0.05) is 44.6 Å². The minimum atomic E-state index is -0.467. The fourth-order valence-corrected chi connectivity index (χ4v) is 2.61. The lowest BCUT2D eigenvalue weighted by atomic mass is 10.1. The molecule has 1 aliphatic heterocycles. The Kier molecular flexibility index (Phi) is 5.38. The van der Waals surface area contributed by atoms with Crippen LogP contribution in [-0.2, 0) is 11.8 Å². The number of hydrogen-bond donors (Lipinski definition) is 3. The summed E-state index contributed by atoms with van der Waals surface area (Å²) in [5.74, 6) is 0.594. The third-order valence-electron chi connectivity index (χ3n) is 3.60. The van der Waals surface area contributed by atoms with Gasteiger partial charge in [-0.25, -0.2) is 9.78 Å². The number of aromatic nitrogens is 2. The summed E-state index contributed by atoms with van der Waals surface area (Å²) in [6.07, 6.45) is 3.64. The Labute approximate surface area is 136 Å². The average Bonchev–Trinajstić information content (AvgIpc) is 2.83. The molecule has 0 saturated carbocycles. The fraction of sp³-hybridized carbons (Fsp3) is 0.667. The Morgan fingerprint density at radius 3 is 2.78 bits per heavy atom. The Hall–Kier alpha value is -1.93. The van der Waals surface area contributed by atoms with Gasteiger partial charge in [-0.3, -0.25) is 15.0 Å².